The highest BCUT2D eigenvalue weighted by Gasteiger charge is 2.22. The maximum absolute atomic E-state index is 12.4. The monoisotopic (exact) mass is 361 g/mol. The van der Waals surface area contributed by atoms with Crippen LogP contribution >= 0.6 is 11.3 Å². The number of quaternary nitrogens is 1. The van der Waals surface area contributed by atoms with Crippen molar-refractivity contribution in [3.8, 4) is 0 Å². The smallest absolute Gasteiger partial charge is 0.341 e. The Kier molecular flexibility index (Phi) is 6.33. The van der Waals surface area contributed by atoms with Crippen molar-refractivity contribution >= 4 is 28.2 Å². The summed E-state index contributed by atoms with van der Waals surface area (Å²) in [5.41, 5.74) is 3.72. The largest absolute Gasteiger partial charge is 0.465 e. The second-order valence-electron chi connectivity index (χ2n) is 6.32. The number of anilines is 1. The summed E-state index contributed by atoms with van der Waals surface area (Å²) >= 11 is 1.40. The number of carbonyl (C=O) groups excluding carboxylic acids is 2. The highest BCUT2D eigenvalue weighted by Crippen LogP contribution is 2.32. The van der Waals surface area contributed by atoms with Gasteiger partial charge in [0.2, 0.25) is 0 Å². The van der Waals surface area contributed by atoms with Gasteiger partial charge >= 0.3 is 5.97 Å². The summed E-state index contributed by atoms with van der Waals surface area (Å²) in [6.45, 7) is 6.93. The first kappa shape index (κ1) is 19.1. The molecule has 0 aliphatic rings. The van der Waals surface area contributed by atoms with E-state index in [1.807, 2.05) is 20.9 Å². The number of esters is 1. The molecule has 0 saturated heterocycles. The zero-order valence-electron chi connectivity index (χ0n) is 15.4. The zero-order chi connectivity index (χ0) is 18.6. The predicted octanol–water partition coefficient (Wildman–Crippen LogP) is 2.11. The fourth-order valence-corrected chi connectivity index (χ4v) is 3.69. The number of rotatable bonds is 6. The van der Waals surface area contributed by atoms with Gasteiger partial charge in [-0.25, -0.2) is 4.79 Å². The first-order valence-electron chi connectivity index (χ1n) is 8.16. The maximum atomic E-state index is 12.4. The molecule has 0 saturated carbocycles. The average Bonchev–Trinajstić information content (AvgIpc) is 2.82. The number of thiophene rings is 1. The number of methoxy groups -OCH3 is 1. The summed E-state index contributed by atoms with van der Waals surface area (Å²) in [4.78, 5) is 26.4. The first-order chi connectivity index (χ1) is 11.8. The summed E-state index contributed by atoms with van der Waals surface area (Å²) < 4.78 is 4.83. The molecule has 5 nitrogen and oxygen atoms in total. The van der Waals surface area contributed by atoms with E-state index >= 15 is 0 Å². The van der Waals surface area contributed by atoms with Crippen LogP contribution in [0.4, 0.5) is 5.00 Å². The van der Waals surface area contributed by atoms with Crippen LogP contribution < -0.4 is 10.2 Å². The molecule has 0 bridgehead atoms. The van der Waals surface area contributed by atoms with Gasteiger partial charge in [0.25, 0.3) is 5.91 Å². The van der Waals surface area contributed by atoms with Gasteiger partial charge < -0.3 is 15.0 Å². The number of carbonyl (C=O) groups is 2. The standard InChI is InChI=1S/C19H24N2O3S/c1-12-6-8-15(9-7-12)10-21(4)11-16(22)20-18-17(19(23)24-5)13(2)14(3)25-18/h6-9H,10-11H2,1-5H3,(H,20,22)/p+1. The van der Waals surface area contributed by atoms with Gasteiger partial charge in [0.05, 0.1) is 19.7 Å². The van der Waals surface area contributed by atoms with Crippen LogP contribution in [0.3, 0.4) is 0 Å². The molecule has 0 aliphatic carbocycles. The summed E-state index contributed by atoms with van der Waals surface area (Å²) in [7, 11) is 3.32. The summed E-state index contributed by atoms with van der Waals surface area (Å²) in [5, 5.41) is 3.44. The topological polar surface area (TPSA) is 59.8 Å². The van der Waals surface area contributed by atoms with Gasteiger partial charge in [0.1, 0.15) is 11.5 Å². The van der Waals surface area contributed by atoms with E-state index < -0.39 is 5.97 Å². The fourth-order valence-electron chi connectivity index (χ4n) is 2.62. The number of aryl methyl sites for hydroxylation is 2. The lowest BCUT2D eigenvalue weighted by Crippen LogP contribution is -3.08. The summed E-state index contributed by atoms with van der Waals surface area (Å²) in [6.07, 6.45) is 0. The van der Waals surface area contributed by atoms with E-state index in [-0.39, 0.29) is 5.91 Å². The van der Waals surface area contributed by atoms with Crippen LogP contribution in [-0.4, -0.2) is 32.6 Å². The van der Waals surface area contributed by atoms with E-state index in [1.165, 1.54) is 29.6 Å². The van der Waals surface area contributed by atoms with Crippen molar-refractivity contribution in [2.45, 2.75) is 27.3 Å². The lowest BCUT2D eigenvalue weighted by molar-refractivity contribution is -0.885. The van der Waals surface area contributed by atoms with Crippen molar-refractivity contribution in [1.29, 1.82) is 0 Å². The van der Waals surface area contributed by atoms with Crippen LogP contribution in [0.1, 0.15) is 31.9 Å². The molecule has 2 aromatic rings. The number of nitrogens with one attached hydrogen (secondary N) is 2. The molecule has 1 aromatic heterocycles. The maximum Gasteiger partial charge on any atom is 0.341 e. The number of hydrogen-bond acceptors (Lipinski definition) is 4. The van der Waals surface area contributed by atoms with Gasteiger partial charge in [-0.2, -0.15) is 0 Å². The van der Waals surface area contributed by atoms with E-state index in [1.54, 1.807) is 0 Å². The third-order valence-electron chi connectivity index (χ3n) is 4.12. The molecule has 134 valence electrons. The predicted molar refractivity (Wildman–Crippen MR) is 100 cm³/mol. The van der Waals surface area contributed by atoms with Gasteiger partial charge in [-0.15, -0.1) is 11.3 Å². The fraction of sp³-hybridized carbons (Fsp3) is 0.368. The molecule has 0 fully saturated rings. The molecule has 25 heavy (non-hydrogen) atoms. The van der Waals surface area contributed by atoms with E-state index in [4.69, 9.17) is 4.74 Å². The van der Waals surface area contributed by atoms with Gasteiger partial charge in [0.15, 0.2) is 6.54 Å². The molecular formula is C19H25N2O3S+. The Balaban J connectivity index is 2.01. The molecular weight excluding hydrogens is 336 g/mol. The number of hydrogen-bond donors (Lipinski definition) is 2. The minimum Gasteiger partial charge on any atom is -0.465 e. The Morgan fingerprint density at radius 3 is 2.40 bits per heavy atom. The van der Waals surface area contributed by atoms with E-state index in [0.717, 1.165) is 21.9 Å². The van der Waals surface area contributed by atoms with Crippen molar-refractivity contribution in [3.63, 3.8) is 0 Å². The Bertz CT molecular complexity index is 766. The minimum atomic E-state index is -0.419. The molecule has 1 atom stereocenters. The van der Waals surface area contributed by atoms with Crippen LogP contribution in [0.15, 0.2) is 24.3 Å². The molecule has 1 aromatic carbocycles. The molecule has 1 unspecified atom stereocenters. The van der Waals surface area contributed by atoms with Crippen LogP contribution in [-0.2, 0) is 16.1 Å². The first-order valence-corrected chi connectivity index (χ1v) is 8.98. The van der Waals surface area contributed by atoms with Crippen molar-refractivity contribution in [3.05, 3.63) is 51.4 Å². The van der Waals surface area contributed by atoms with Crippen molar-refractivity contribution in [2.75, 3.05) is 26.0 Å². The Labute approximate surface area is 152 Å². The van der Waals surface area contributed by atoms with Crippen LogP contribution in [0.5, 0.6) is 0 Å². The Morgan fingerprint density at radius 1 is 1.16 bits per heavy atom. The lowest BCUT2D eigenvalue weighted by Gasteiger charge is -2.14. The molecule has 0 spiro atoms. The van der Waals surface area contributed by atoms with Crippen LogP contribution in [0, 0.1) is 20.8 Å². The Morgan fingerprint density at radius 2 is 1.80 bits per heavy atom. The van der Waals surface area contributed by atoms with E-state index in [9.17, 15) is 9.59 Å². The third-order valence-corrected chi connectivity index (χ3v) is 5.24. The molecule has 2 N–H and O–H groups in total. The Hall–Kier alpha value is -2.18. The molecule has 1 heterocycles. The average molecular weight is 361 g/mol. The van der Waals surface area contributed by atoms with Crippen molar-refractivity contribution in [2.24, 2.45) is 0 Å². The molecule has 1 amide bonds. The summed E-state index contributed by atoms with van der Waals surface area (Å²) in [5.74, 6) is -0.534. The highest BCUT2D eigenvalue weighted by atomic mass is 32.1. The minimum absolute atomic E-state index is 0.115. The molecule has 2 rings (SSSR count). The highest BCUT2D eigenvalue weighted by molar-refractivity contribution is 7.16. The normalized spacial score (nSPS) is 11.9. The van der Waals surface area contributed by atoms with E-state index in [0.29, 0.717) is 17.1 Å². The molecule has 0 radical (unpaired) electrons. The second kappa shape index (κ2) is 8.27. The van der Waals surface area contributed by atoms with Gasteiger partial charge in [0, 0.05) is 10.4 Å². The second-order valence-corrected chi connectivity index (χ2v) is 7.55. The molecule has 0 aliphatic heterocycles. The number of likely N-dealkylation sites (N-methyl/N-ethyl adjacent to an activating group) is 1. The van der Waals surface area contributed by atoms with E-state index in [2.05, 4.69) is 36.5 Å². The SMILES string of the molecule is COC(=O)c1c(NC(=O)C[NH+](C)Cc2ccc(C)cc2)sc(C)c1C. The zero-order valence-corrected chi connectivity index (χ0v) is 16.2. The van der Waals surface area contributed by atoms with Gasteiger partial charge in [-0.05, 0) is 26.3 Å². The van der Waals surface area contributed by atoms with Gasteiger partial charge in [-0.1, -0.05) is 29.8 Å². The molecule has 6 heteroatoms. The summed E-state index contributed by atoms with van der Waals surface area (Å²) in [6, 6.07) is 8.31. The number of ether oxygens (including phenoxy) is 1. The van der Waals surface area contributed by atoms with Crippen LogP contribution in [0.25, 0.3) is 0 Å². The number of amides is 1. The van der Waals surface area contributed by atoms with Gasteiger partial charge in [-0.3, -0.25) is 4.79 Å². The third kappa shape index (κ3) is 4.90. The van der Waals surface area contributed by atoms with Crippen molar-refractivity contribution < 1.29 is 19.2 Å². The van der Waals surface area contributed by atoms with Crippen molar-refractivity contribution in [1.82, 2.24) is 0 Å². The quantitative estimate of drug-likeness (QED) is 0.775. The lowest BCUT2D eigenvalue weighted by atomic mass is 10.1. The van der Waals surface area contributed by atoms with Crippen LogP contribution in [0.2, 0.25) is 0 Å². The number of benzene rings is 1.